The maximum atomic E-state index is 5.80. The molecule has 3 nitrogen and oxygen atoms in total. The quantitative estimate of drug-likeness (QED) is 0.491. The topological polar surface area (TPSA) is 50.4 Å². The predicted molar refractivity (Wildman–Crippen MR) is 89.9 cm³/mol. The fourth-order valence-electron chi connectivity index (χ4n) is 1.38. The predicted octanol–water partition coefficient (Wildman–Crippen LogP) is 3.60. The summed E-state index contributed by atoms with van der Waals surface area (Å²) in [7, 11) is 0. The van der Waals surface area contributed by atoms with Crippen molar-refractivity contribution in [2.24, 2.45) is 10.7 Å². The Morgan fingerprint density at radius 3 is 2.61 bits per heavy atom. The third kappa shape index (κ3) is 4.66. The van der Waals surface area contributed by atoms with Crippen molar-refractivity contribution < 1.29 is 0 Å². The van der Waals surface area contributed by atoms with Crippen LogP contribution in [-0.4, -0.2) is 5.96 Å². The number of nitrogens with one attached hydrogen (secondary N) is 1. The Balaban J connectivity index is 0.00000162. The smallest absolute Gasteiger partial charge is 0.193 e. The molecule has 5 heteroatoms. The average molecular weight is 373 g/mol. The third-order valence-corrected chi connectivity index (χ3v) is 3.07. The van der Waals surface area contributed by atoms with E-state index in [4.69, 9.17) is 5.73 Å². The molecule has 0 aliphatic carbocycles. The van der Waals surface area contributed by atoms with Gasteiger partial charge in [0, 0.05) is 5.69 Å². The van der Waals surface area contributed by atoms with Crippen molar-refractivity contribution >= 4 is 47.0 Å². The molecule has 0 fully saturated rings. The van der Waals surface area contributed by atoms with E-state index in [0.29, 0.717) is 12.5 Å². The van der Waals surface area contributed by atoms with Gasteiger partial charge in [0.05, 0.1) is 6.54 Å². The number of halogens is 1. The van der Waals surface area contributed by atoms with Gasteiger partial charge < -0.3 is 11.1 Å². The second-order valence-electron chi connectivity index (χ2n) is 3.82. The van der Waals surface area contributed by atoms with Crippen LogP contribution in [-0.2, 0) is 6.54 Å². The molecular weight excluding hydrogens is 357 g/mol. The summed E-state index contributed by atoms with van der Waals surface area (Å²) in [5.74, 6) is 0.444. The normalized spacial score (nSPS) is 10.8. The molecule has 0 aliphatic rings. The van der Waals surface area contributed by atoms with Crippen LogP contribution >= 0.6 is 35.3 Å². The summed E-state index contributed by atoms with van der Waals surface area (Å²) in [6, 6.07) is 10.1. The molecule has 0 saturated heterocycles. The van der Waals surface area contributed by atoms with Gasteiger partial charge in [-0.15, -0.1) is 24.0 Å². The number of thiophene rings is 1. The Kier molecular flexibility index (Phi) is 6.14. The molecule has 3 N–H and O–H groups in total. The minimum absolute atomic E-state index is 0. The van der Waals surface area contributed by atoms with E-state index in [1.165, 1.54) is 11.1 Å². The van der Waals surface area contributed by atoms with Crippen LogP contribution in [0, 0.1) is 6.92 Å². The number of hydrogen-bond acceptors (Lipinski definition) is 2. The Hall–Kier alpha value is -1.08. The van der Waals surface area contributed by atoms with E-state index in [2.05, 4.69) is 22.6 Å². The summed E-state index contributed by atoms with van der Waals surface area (Å²) in [6.45, 7) is 2.67. The van der Waals surface area contributed by atoms with Gasteiger partial charge in [-0.3, -0.25) is 0 Å². The molecule has 0 saturated carbocycles. The van der Waals surface area contributed by atoms with E-state index in [0.717, 1.165) is 5.69 Å². The Morgan fingerprint density at radius 1 is 1.28 bits per heavy atom. The van der Waals surface area contributed by atoms with Gasteiger partial charge in [0.25, 0.3) is 0 Å². The molecule has 0 radical (unpaired) electrons. The SMILES string of the molecule is Cc1ccc(NC(N)=NCc2ccsc2)cc1.I. The van der Waals surface area contributed by atoms with Crippen molar-refractivity contribution in [1.29, 1.82) is 0 Å². The largest absolute Gasteiger partial charge is 0.370 e. The van der Waals surface area contributed by atoms with E-state index < -0.39 is 0 Å². The van der Waals surface area contributed by atoms with Gasteiger partial charge in [-0.05, 0) is 41.4 Å². The summed E-state index contributed by atoms with van der Waals surface area (Å²) < 4.78 is 0. The van der Waals surface area contributed by atoms with Crippen LogP contribution in [0.2, 0.25) is 0 Å². The molecule has 1 aromatic heterocycles. The first kappa shape index (κ1) is 15.0. The van der Waals surface area contributed by atoms with Gasteiger partial charge in [-0.1, -0.05) is 17.7 Å². The van der Waals surface area contributed by atoms with Crippen LogP contribution in [0.5, 0.6) is 0 Å². The number of nitrogens with two attached hydrogens (primary N) is 1. The lowest BCUT2D eigenvalue weighted by atomic mass is 10.2. The van der Waals surface area contributed by atoms with Crippen molar-refractivity contribution in [3.8, 4) is 0 Å². The van der Waals surface area contributed by atoms with Crippen molar-refractivity contribution in [3.63, 3.8) is 0 Å². The van der Waals surface area contributed by atoms with Crippen molar-refractivity contribution in [3.05, 3.63) is 52.2 Å². The highest BCUT2D eigenvalue weighted by Gasteiger charge is 1.95. The Bertz CT molecular complexity index is 491. The minimum Gasteiger partial charge on any atom is -0.370 e. The number of anilines is 1. The molecule has 96 valence electrons. The minimum atomic E-state index is 0. The van der Waals surface area contributed by atoms with Crippen LogP contribution in [0.15, 0.2) is 46.1 Å². The van der Waals surface area contributed by atoms with Crippen molar-refractivity contribution in [2.45, 2.75) is 13.5 Å². The van der Waals surface area contributed by atoms with Crippen molar-refractivity contribution in [1.82, 2.24) is 0 Å². The number of benzene rings is 1. The summed E-state index contributed by atoms with van der Waals surface area (Å²) >= 11 is 1.67. The van der Waals surface area contributed by atoms with E-state index in [-0.39, 0.29) is 24.0 Å². The lowest BCUT2D eigenvalue weighted by Gasteiger charge is -2.05. The fraction of sp³-hybridized carbons (Fsp3) is 0.154. The van der Waals surface area contributed by atoms with Gasteiger partial charge in [0.2, 0.25) is 0 Å². The molecular formula is C13H16IN3S. The molecule has 2 aromatic rings. The highest BCUT2D eigenvalue weighted by Crippen LogP contribution is 2.09. The van der Waals surface area contributed by atoms with Gasteiger partial charge in [0.1, 0.15) is 0 Å². The second kappa shape index (κ2) is 7.38. The third-order valence-electron chi connectivity index (χ3n) is 2.34. The first-order valence-electron chi connectivity index (χ1n) is 5.39. The van der Waals surface area contributed by atoms with E-state index in [1.807, 2.05) is 35.7 Å². The Morgan fingerprint density at radius 2 is 2.00 bits per heavy atom. The summed E-state index contributed by atoms with van der Waals surface area (Å²) in [4.78, 5) is 4.27. The molecule has 1 heterocycles. The molecule has 0 amide bonds. The molecule has 18 heavy (non-hydrogen) atoms. The zero-order valence-corrected chi connectivity index (χ0v) is 13.2. The van der Waals surface area contributed by atoms with Crippen LogP contribution in [0.25, 0.3) is 0 Å². The van der Waals surface area contributed by atoms with E-state index in [1.54, 1.807) is 11.3 Å². The number of guanidine groups is 1. The summed E-state index contributed by atoms with van der Waals surface area (Å²) in [5, 5.41) is 7.17. The van der Waals surface area contributed by atoms with Gasteiger partial charge in [-0.2, -0.15) is 11.3 Å². The highest BCUT2D eigenvalue weighted by atomic mass is 127. The number of aliphatic imine (C=N–C) groups is 1. The standard InChI is InChI=1S/C13H15N3S.HI/c1-10-2-4-12(5-3-10)16-13(14)15-8-11-6-7-17-9-11;/h2-7,9H,8H2,1H3,(H3,14,15,16);1H. The van der Waals surface area contributed by atoms with E-state index >= 15 is 0 Å². The van der Waals surface area contributed by atoms with Crippen LogP contribution in [0.3, 0.4) is 0 Å². The lowest BCUT2D eigenvalue weighted by molar-refractivity contribution is 1.07. The molecule has 1 aromatic carbocycles. The van der Waals surface area contributed by atoms with Gasteiger partial charge in [-0.25, -0.2) is 4.99 Å². The van der Waals surface area contributed by atoms with Crippen molar-refractivity contribution in [2.75, 3.05) is 5.32 Å². The molecule has 0 spiro atoms. The summed E-state index contributed by atoms with van der Waals surface area (Å²) in [5.41, 5.74) is 9.17. The maximum absolute atomic E-state index is 5.80. The highest BCUT2D eigenvalue weighted by molar-refractivity contribution is 14.0. The monoisotopic (exact) mass is 373 g/mol. The number of aryl methyl sites for hydroxylation is 1. The zero-order chi connectivity index (χ0) is 12.1. The Labute approximate surface area is 128 Å². The maximum Gasteiger partial charge on any atom is 0.193 e. The molecule has 0 bridgehead atoms. The summed E-state index contributed by atoms with van der Waals surface area (Å²) in [6.07, 6.45) is 0. The molecule has 0 aliphatic heterocycles. The van der Waals surface area contributed by atoms with Crippen LogP contribution < -0.4 is 11.1 Å². The zero-order valence-electron chi connectivity index (χ0n) is 10.1. The fourth-order valence-corrected chi connectivity index (χ4v) is 2.04. The van der Waals surface area contributed by atoms with E-state index in [9.17, 15) is 0 Å². The first-order valence-corrected chi connectivity index (χ1v) is 6.33. The number of nitrogens with zero attached hydrogens (tertiary/aromatic N) is 1. The van der Waals surface area contributed by atoms with Crippen LogP contribution in [0.1, 0.15) is 11.1 Å². The molecule has 2 rings (SSSR count). The van der Waals surface area contributed by atoms with Gasteiger partial charge >= 0.3 is 0 Å². The van der Waals surface area contributed by atoms with Crippen LogP contribution in [0.4, 0.5) is 5.69 Å². The average Bonchev–Trinajstić information content (AvgIpc) is 2.83. The lowest BCUT2D eigenvalue weighted by Crippen LogP contribution is -2.22. The molecule has 0 unspecified atom stereocenters. The first-order chi connectivity index (χ1) is 8.24. The second-order valence-corrected chi connectivity index (χ2v) is 4.60. The number of rotatable bonds is 3. The van der Waals surface area contributed by atoms with Gasteiger partial charge in [0.15, 0.2) is 5.96 Å². The molecule has 0 atom stereocenters. The number of hydrogen-bond donors (Lipinski definition) is 2.